The Labute approximate surface area is 158 Å². The van der Waals surface area contributed by atoms with Crippen LogP contribution in [0.3, 0.4) is 0 Å². The monoisotopic (exact) mass is 359 g/mol. The maximum Gasteiger partial charge on any atom is 0.136 e. The Morgan fingerprint density at radius 2 is 1.96 bits per heavy atom. The molecule has 0 unspecified atom stereocenters. The topological polar surface area (TPSA) is 48.7 Å². The maximum absolute atomic E-state index is 9.54. The summed E-state index contributed by atoms with van der Waals surface area (Å²) in [7, 11) is 0. The number of aryl methyl sites for hydroxylation is 2. The van der Waals surface area contributed by atoms with E-state index >= 15 is 0 Å². The van der Waals surface area contributed by atoms with Crippen LogP contribution in [0.2, 0.25) is 0 Å². The van der Waals surface area contributed by atoms with Crippen LogP contribution in [-0.2, 0) is 6.42 Å². The van der Waals surface area contributed by atoms with Gasteiger partial charge < -0.3 is 5.32 Å². The summed E-state index contributed by atoms with van der Waals surface area (Å²) in [6, 6.07) is 16.8. The first-order valence-corrected chi connectivity index (χ1v) is 9.48. The predicted molar refractivity (Wildman–Crippen MR) is 110 cm³/mol. The highest BCUT2D eigenvalue weighted by molar-refractivity contribution is 7.11. The van der Waals surface area contributed by atoms with Crippen molar-refractivity contribution in [2.45, 2.75) is 27.2 Å². The molecule has 0 bridgehead atoms. The first-order valence-electron chi connectivity index (χ1n) is 8.60. The highest BCUT2D eigenvalue weighted by Gasteiger charge is 2.09. The molecule has 4 heteroatoms. The molecule has 0 aliphatic rings. The molecule has 0 amide bonds. The second-order valence-corrected chi connectivity index (χ2v) is 7.01. The summed E-state index contributed by atoms with van der Waals surface area (Å²) in [6.45, 7) is 6.29. The first kappa shape index (κ1) is 17.9. The predicted octanol–water partition coefficient (Wildman–Crippen LogP) is 5.97. The van der Waals surface area contributed by atoms with E-state index < -0.39 is 0 Å². The van der Waals surface area contributed by atoms with Crippen LogP contribution in [0.5, 0.6) is 0 Å². The van der Waals surface area contributed by atoms with Crippen LogP contribution in [0.1, 0.15) is 28.6 Å². The van der Waals surface area contributed by atoms with E-state index in [1.807, 2.05) is 17.5 Å². The minimum Gasteiger partial charge on any atom is -0.360 e. The average molecular weight is 359 g/mol. The number of hydrogen-bond acceptors (Lipinski definition) is 4. The van der Waals surface area contributed by atoms with E-state index in [1.165, 1.54) is 28.0 Å². The van der Waals surface area contributed by atoms with Crippen molar-refractivity contribution in [1.29, 1.82) is 5.26 Å². The molecular weight excluding hydrogens is 338 g/mol. The third-order valence-electron chi connectivity index (χ3n) is 4.49. The van der Waals surface area contributed by atoms with Crippen molar-refractivity contribution in [3.05, 3.63) is 75.7 Å². The lowest BCUT2D eigenvalue weighted by molar-refractivity contribution is 1.14. The SMILES string of the molecule is CCc1ccc(-c2csc(C(C#N)=CNc3cccc(C)c3C)n2)cc1. The molecule has 130 valence electrons. The van der Waals surface area contributed by atoms with Crippen molar-refractivity contribution in [3.63, 3.8) is 0 Å². The maximum atomic E-state index is 9.54. The minimum absolute atomic E-state index is 0.535. The molecule has 3 aromatic rings. The van der Waals surface area contributed by atoms with Crippen molar-refractivity contribution in [2.24, 2.45) is 0 Å². The second-order valence-electron chi connectivity index (χ2n) is 6.15. The zero-order valence-electron chi connectivity index (χ0n) is 15.2. The Hall–Kier alpha value is -2.90. The van der Waals surface area contributed by atoms with E-state index in [9.17, 15) is 5.26 Å². The van der Waals surface area contributed by atoms with Gasteiger partial charge >= 0.3 is 0 Å². The van der Waals surface area contributed by atoms with Gasteiger partial charge in [-0.25, -0.2) is 4.98 Å². The molecule has 0 radical (unpaired) electrons. The smallest absolute Gasteiger partial charge is 0.136 e. The third-order valence-corrected chi connectivity index (χ3v) is 5.37. The number of benzene rings is 2. The summed E-state index contributed by atoms with van der Waals surface area (Å²) >= 11 is 1.49. The molecule has 0 aliphatic carbocycles. The number of aromatic nitrogens is 1. The van der Waals surface area contributed by atoms with Crippen LogP contribution in [0.4, 0.5) is 5.69 Å². The fourth-order valence-electron chi connectivity index (χ4n) is 2.64. The van der Waals surface area contributed by atoms with Gasteiger partial charge in [-0.1, -0.05) is 43.3 Å². The molecule has 1 heterocycles. The minimum atomic E-state index is 0.535. The zero-order valence-corrected chi connectivity index (χ0v) is 16.0. The molecule has 2 aromatic carbocycles. The van der Waals surface area contributed by atoms with Crippen LogP contribution in [-0.4, -0.2) is 4.98 Å². The Balaban J connectivity index is 1.83. The number of anilines is 1. The lowest BCUT2D eigenvalue weighted by atomic mass is 10.1. The molecule has 1 N–H and O–H groups in total. The fraction of sp³-hybridized carbons (Fsp3) is 0.182. The van der Waals surface area contributed by atoms with Gasteiger partial charge in [-0.05, 0) is 43.0 Å². The van der Waals surface area contributed by atoms with E-state index in [4.69, 9.17) is 0 Å². The van der Waals surface area contributed by atoms with Crippen LogP contribution in [0.25, 0.3) is 16.8 Å². The Bertz CT molecular complexity index is 975. The summed E-state index contributed by atoms with van der Waals surface area (Å²) in [5.74, 6) is 0. The van der Waals surface area contributed by atoms with Crippen molar-refractivity contribution >= 4 is 22.6 Å². The summed E-state index contributed by atoms with van der Waals surface area (Å²) in [4.78, 5) is 4.65. The second kappa shape index (κ2) is 7.99. The van der Waals surface area contributed by atoms with Crippen molar-refractivity contribution in [1.82, 2.24) is 4.98 Å². The fourth-order valence-corrected chi connectivity index (χ4v) is 3.44. The van der Waals surface area contributed by atoms with Gasteiger partial charge in [-0.3, -0.25) is 0 Å². The van der Waals surface area contributed by atoms with Gasteiger partial charge in [0.05, 0.1) is 5.69 Å². The van der Waals surface area contributed by atoms with Crippen LogP contribution in [0, 0.1) is 25.2 Å². The third kappa shape index (κ3) is 3.84. The van der Waals surface area contributed by atoms with E-state index in [0.29, 0.717) is 5.57 Å². The normalized spacial score (nSPS) is 11.2. The van der Waals surface area contributed by atoms with Crippen molar-refractivity contribution in [2.75, 3.05) is 5.32 Å². The lowest BCUT2D eigenvalue weighted by Gasteiger charge is -2.08. The Morgan fingerprint density at radius 1 is 1.19 bits per heavy atom. The summed E-state index contributed by atoms with van der Waals surface area (Å²) < 4.78 is 0. The number of thiazole rings is 1. The lowest BCUT2D eigenvalue weighted by Crippen LogP contribution is -1.95. The van der Waals surface area contributed by atoms with E-state index in [2.05, 4.69) is 67.5 Å². The number of allylic oxidation sites excluding steroid dienone is 1. The van der Waals surface area contributed by atoms with Gasteiger partial charge in [0.25, 0.3) is 0 Å². The van der Waals surface area contributed by atoms with Crippen molar-refractivity contribution in [3.8, 4) is 17.3 Å². The number of nitrogens with one attached hydrogen (secondary N) is 1. The average Bonchev–Trinajstić information content (AvgIpc) is 3.15. The molecule has 0 spiro atoms. The van der Waals surface area contributed by atoms with E-state index in [1.54, 1.807) is 6.20 Å². The van der Waals surface area contributed by atoms with Gasteiger partial charge in [0, 0.05) is 22.8 Å². The van der Waals surface area contributed by atoms with E-state index in [-0.39, 0.29) is 0 Å². The molecule has 0 saturated carbocycles. The van der Waals surface area contributed by atoms with Gasteiger partial charge in [0.2, 0.25) is 0 Å². The van der Waals surface area contributed by atoms with Crippen molar-refractivity contribution < 1.29 is 0 Å². The highest BCUT2D eigenvalue weighted by atomic mass is 32.1. The van der Waals surface area contributed by atoms with Crippen LogP contribution < -0.4 is 5.32 Å². The molecule has 0 atom stereocenters. The van der Waals surface area contributed by atoms with Gasteiger partial charge in [0.1, 0.15) is 16.6 Å². The molecular formula is C22H21N3S. The Kier molecular flexibility index (Phi) is 5.50. The molecule has 26 heavy (non-hydrogen) atoms. The number of nitrogens with zero attached hydrogens (tertiary/aromatic N) is 2. The highest BCUT2D eigenvalue weighted by Crippen LogP contribution is 2.27. The van der Waals surface area contributed by atoms with Crippen LogP contribution in [0.15, 0.2) is 54.0 Å². The number of nitriles is 1. The molecule has 3 nitrogen and oxygen atoms in total. The molecule has 0 aliphatic heterocycles. The van der Waals surface area contributed by atoms with E-state index in [0.717, 1.165) is 28.4 Å². The number of hydrogen-bond donors (Lipinski definition) is 1. The summed E-state index contributed by atoms with van der Waals surface area (Å²) in [5, 5.41) is 15.5. The van der Waals surface area contributed by atoms with Gasteiger partial charge in [-0.2, -0.15) is 5.26 Å². The number of rotatable bonds is 5. The Morgan fingerprint density at radius 3 is 2.65 bits per heavy atom. The molecule has 1 aromatic heterocycles. The molecule has 0 fully saturated rings. The quantitative estimate of drug-likeness (QED) is 0.571. The summed E-state index contributed by atoms with van der Waals surface area (Å²) in [6.07, 6.45) is 2.76. The van der Waals surface area contributed by atoms with Crippen LogP contribution >= 0.6 is 11.3 Å². The zero-order chi connectivity index (χ0) is 18.5. The largest absolute Gasteiger partial charge is 0.360 e. The molecule has 0 saturated heterocycles. The molecule has 3 rings (SSSR count). The summed E-state index contributed by atoms with van der Waals surface area (Å²) in [5.41, 5.74) is 7.22. The standard InChI is InChI=1S/C22H21N3S/c1-4-17-8-10-18(11-9-17)21-14-26-22(25-21)19(12-23)13-24-20-7-5-6-15(2)16(20)3/h5-11,13-14,24H,4H2,1-3H3. The van der Waals surface area contributed by atoms with Gasteiger partial charge in [0.15, 0.2) is 0 Å². The van der Waals surface area contributed by atoms with Gasteiger partial charge in [-0.15, -0.1) is 11.3 Å². The first-order chi connectivity index (χ1) is 12.6.